The number of aromatic nitrogens is 1. The topological polar surface area (TPSA) is 33.2 Å². The average Bonchev–Trinajstić information content (AvgIpc) is 2.84. The minimum Gasteiger partial charge on any atom is -0.326 e. The summed E-state index contributed by atoms with van der Waals surface area (Å²) in [6, 6.07) is 21.4. The molecule has 1 fully saturated rings. The van der Waals surface area contributed by atoms with Gasteiger partial charge >= 0.3 is 0 Å². The van der Waals surface area contributed by atoms with Crippen LogP contribution in [0.1, 0.15) is 67.9 Å². The molecule has 4 atom stereocenters. The lowest BCUT2D eigenvalue weighted by Crippen LogP contribution is -2.53. The number of halogens is 2. The van der Waals surface area contributed by atoms with Crippen LogP contribution in [0.25, 0.3) is 0 Å². The molecule has 1 saturated heterocycles. The second-order valence-electron chi connectivity index (χ2n) is 9.31. The van der Waals surface area contributed by atoms with Crippen molar-refractivity contribution in [1.29, 1.82) is 0 Å². The highest BCUT2D eigenvalue weighted by Crippen LogP contribution is 2.54. The van der Waals surface area contributed by atoms with Crippen LogP contribution in [0.4, 0.5) is 0 Å². The molecule has 176 valence electrons. The summed E-state index contributed by atoms with van der Waals surface area (Å²) >= 11 is 12.7. The predicted octanol–water partition coefficient (Wildman–Crippen LogP) is 8.18. The molecular formula is C29H30Cl2N2O. The van der Waals surface area contributed by atoms with Crippen LogP contribution in [0.2, 0.25) is 10.0 Å². The lowest BCUT2D eigenvalue weighted by Gasteiger charge is -2.52. The van der Waals surface area contributed by atoms with Gasteiger partial charge in [-0.1, -0.05) is 73.5 Å². The van der Waals surface area contributed by atoms with Gasteiger partial charge in [-0.2, -0.15) is 0 Å². The van der Waals surface area contributed by atoms with Gasteiger partial charge in [0.1, 0.15) is 0 Å². The summed E-state index contributed by atoms with van der Waals surface area (Å²) in [4.78, 5) is 21.0. The fourth-order valence-electron chi connectivity index (χ4n) is 5.35. The maximum Gasteiger partial charge on any atom is 0.229 e. The molecule has 3 nitrogen and oxygen atoms in total. The van der Waals surface area contributed by atoms with Crippen LogP contribution in [0, 0.1) is 5.41 Å². The van der Waals surface area contributed by atoms with Crippen LogP contribution < -0.4 is 0 Å². The number of allylic oxidation sites excluding steroid dienone is 1. The summed E-state index contributed by atoms with van der Waals surface area (Å²) < 4.78 is 0. The zero-order valence-electron chi connectivity index (χ0n) is 19.6. The zero-order chi connectivity index (χ0) is 24.3. The quantitative estimate of drug-likeness (QED) is 0.311. The van der Waals surface area contributed by atoms with E-state index in [2.05, 4.69) is 36.4 Å². The van der Waals surface area contributed by atoms with E-state index in [1.165, 1.54) is 0 Å². The van der Waals surface area contributed by atoms with Crippen molar-refractivity contribution < 1.29 is 4.79 Å². The zero-order valence-corrected chi connectivity index (χ0v) is 21.1. The normalized spacial score (nSPS) is 23.5. The van der Waals surface area contributed by atoms with Crippen molar-refractivity contribution in [3.63, 3.8) is 0 Å². The van der Waals surface area contributed by atoms with E-state index in [0.29, 0.717) is 22.9 Å². The first-order valence-electron chi connectivity index (χ1n) is 11.7. The van der Waals surface area contributed by atoms with Gasteiger partial charge in [0, 0.05) is 22.2 Å². The summed E-state index contributed by atoms with van der Waals surface area (Å²) in [7, 11) is 0. The number of nitrogens with zero attached hydrogens (tertiary/aromatic N) is 2. The smallest absolute Gasteiger partial charge is 0.229 e. The largest absolute Gasteiger partial charge is 0.326 e. The Morgan fingerprint density at radius 1 is 1.09 bits per heavy atom. The molecular weight excluding hydrogens is 463 g/mol. The van der Waals surface area contributed by atoms with Gasteiger partial charge in [-0.3, -0.25) is 9.78 Å². The Labute approximate surface area is 212 Å². The molecule has 0 N–H and O–H groups in total. The number of rotatable bonds is 7. The predicted molar refractivity (Wildman–Crippen MR) is 140 cm³/mol. The van der Waals surface area contributed by atoms with Gasteiger partial charge < -0.3 is 4.90 Å². The highest BCUT2D eigenvalue weighted by molar-refractivity contribution is 6.30. The number of likely N-dealkylation sites (tertiary alicyclic amines) is 1. The molecule has 1 unspecified atom stereocenters. The van der Waals surface area contributed by atoms with E-state index in [1.807, 2.05) is 66.7 Å². The molecule has 0 saturated carbocycles. The number of pyridine rings is 1. The van der Waals surface area contributed by atoms with E-state index in [4.69, 9.17) is 23.2 Å². The number of hydrogen-bond donors (Lipinski definition) is 0. The minimum atomic E-state index is -0.583. The summed E-state index contributed by atoms with van der Waals surface area (Å²) in [6.45, 7) is 8.13. The highest BCUT2D eigenvalue weighted by Gasteiger charge is 2.51. The summed E-state index contributed by atoms with van der Waals surface area (Å²) in [5.41, 5.74) is 2.48. The fourth-order valence-corrected chi connectivity index (χ4v) is 5.68. The SMILES string of the molecule is C=CC[C@@]1(C)C[C@H](c2cccc(Cl)c2)C(c2ccc(Cl)cc2)N([C@@H](CC)c2ccccn2)C1=O. The Morgan fingerprint density at radius 2 is 1.85 bits per heavy atom. The third kappa shape index (κ3) is 4.78. The van der Waals surface area contributed by atoms with E-state index in [9.17, 15) is 4.79 Å². The molecule has 4 rings (SSSR count). The first kappa shape index (κ1) is 24.5. The molecule has 2 aromatic carbocycles. The van der Waals surface area contributed by atoms with Crippen molar-refractivity contribution in [2.75, 3.05) is 0 Å². The molecule has 0 radical (unpaired) electrons. The standard InChI is InChI=1S/C29H30Cl2N2O/c1-4-16-29(3)19-24(21-9-8-10-23(31)18-21)27(20-12-14-22(30)15-13-20)33(28(29)34)26(5-2)25-11-6-7-17-32-25/h4,6-15,17-18,24,26-27H,1,5,16,19H2,2-3H3/t24-,26+,27?,29+/m1/s1. The molecule has 1 aliphatic rings. The van der Waals surface area contributed by atoms with Crippen molar-refractivity contribution in [2.45, 2.75) is 51.1 Å². The lowest BCUT2D eigenvalue weighted by molar-refractivity contribution is -0.155. The van der Waals surface area contributed by atoms with Crippen LogP contribution in [-0.2, 0) is 4.79 Å². The molecule has 3 aromatic rings. The van der Waals surface area contributed by atoms with Crippen molar-refractivity contribution in [3.05, 3.63) is 112 Å². The highest BCUT2D eigenvalue weighted by atomic mass is 35.5. The van der Waals surface area contributed by atoms with Crippen LogP contribution >= 0.6 is 23.2 Å². The number of carbonyl (C=O) groups excluding carboxylic acids is 1. The van der Waals surface area contributed by atoms with E-state index >= 15 is 0 Å². The van der Waals surface area contributed by atoms with Gasteiger partial charge in [-0.15, -0.1) is 6.58 Å². The van der Waals surface area contributed by atoms with Crippen LogP contribution in [0.3, 0.4) is 0 Å². The average molecular weight is 493 g/mol. The molecule has 5 heteroatoms. The van der Waals surface area contributed by atoms with Crippen LogP contribution in [0.15, 0.2) is 85.6 Å². The summed E-state index contributed by atoms with van der Waals surface area (Å²) in [6.07, 6.45) is 5.70. The first-order valence-corrected chi connectivity index (χ1v) is 12.5. The molecule has 2 heterocycles. The molecule has 1 aromatic heterocycles. The van der Waals surface area contributed by atoms with Crippen molar-refractivity contribution >= 4 is 29.1 Å². The molecule has 34 heavy (non-hydrogen) atoms. The lowest BCUT2D eigenvalue weighted by atomic mass is 9.67. The van der Waals surface area contributed by atoms with Crippen LogP contribution in [0.5, 0.6) is 0 Å². The third-order valence-corrected chi connectivity index (χ3v) is 7.42. The van der Waals surface area contributed by atoms with Crippen molar-refractivity contribution in [1.82, 2.24) is 9.88 Å². The molecule has 0 bridgehead atoms. The molecule has 1 amide bonds. The Hall–Kier alpha value is -2.62. The number of benzene rings is 2. The molecule has 0 aliphatic carbocycles. The van der Waals surface area contributed by atoms with Crippen molar-refractivity contribution in [2.24, 2.45) is 5.41 Å². The summed E-state index contributed by atoms with van der Waals surface area (Å²) in [5.74, 6) is 0.170. The number of carbonyl (C=O) groups is 1. The molecule has 1 aliphatic heterocycles. The Bertz CT molecular complexity index is 1150. The van der Waals surface area contributed by atoms with E-state index in [0.717, 1.165) is 23.2 Å². The maximum absolute atomic E-state index is 14.3. The van der Waals surface area contributed by atoms with Gasteiger partial charge in [0.05, 0.1) is 23.2 Å². The fraction of sp³-hybridized carbons (Fsp3) is 0.310. The first-order chi connectivity index (χ1) is 16.4. The third-order valence-electron chi connectivity index (χ3n) is 6.94. The second kappa shape index (κ2) is 10.3. The van der Waals surface area contributed by atoms with Crippen LogP contribution in [-0.4, -0.2) is 15.8 Å². The van der Waals surface area contributed by atoms with Gasteiger partial charge in [0.25, 0.3) is 0 Å². The maximum atomic E-state index is 14.3. The van der Waals surface area contributed by atoms with Gasteiger partial charge in [-0.05, 0) is 66.8 Å². The Balaban J connectivity index is 1.94. The van der Waals surface area contributed by atoms with E-state index < -0.39 is 5.41 Å². The van der Waals surface area contributed by atoms with Crippen molar-refractivity contribution in [3.8, 4) is 0 Å². The van der Waals surface area contributed by atoms with E-state index in [-0.39, 0.29) is 23.9 Å². The molecule has 0 spiro atoms. The Morgan fingerprint density at radius 3 is 2.47 bits per heavy atom. The minimum absolute atomic E-state index is 0.0419. The van der Waals surface area contributed by atoms with Gasteiger partial charge in [0.15, 0.2) is 0 Å². The van der Waals surface area contributed by atoms with Gasteiger partial charge in [-0.25, -0.2) is 0 Å². The van der Waals surface area contributed by atoms with Gasteiger partial charge in [0.2, 0.25) is 5.91 Å². The van der Waals surface area contributed by atoms with E-state index in [1.54, 1.807) is 6.20 Å². The monoisotopic (exact) mass is 492 g/mol. The second-order valence-corrected chi connectivity index (χ2v) is 10.2. The number of piperidine rings is 1. The Kier molecular flexibility index (Phi) is 7.45. The number of hydrogen-bond acceptors (Lipinski definition) is 2. The summed E-state index contributed by atoms with van der Waals surface area (Å²) in [5, 5.41) is 1.36. The number of amides is 1.